The molecule has 0 saturated carbocycles. The zero-order valence-electron chi connectivity index (χ0n) is 19.5. The van der Waals surface area contributed by atoms with Crippen LogP contribution in [0.1, 0.15) is 18.1 Å². The van der Waals surface area contributed by atoms with Gasteiger partial charge in [-0.15, -0.1) is 4.40 Å². The molecule has 1 saturated heterocycles. The highest BCUT2D eigenvalue weighted by Gasteiger charge is 2.34. The van der Waals surface area contributed by atoms with Gasteiger partial charge in [-0.1, -0.05) is 54.1 Å². The molecule has 7 nitrogen and oxygen atoms in total. The molecule has 0 unspecified atom stereocenters. The molecule has 36 heavy (non-hydrogen) atoms. The van der Waals surface area contributed by atoms with Gasteiger partial charge in [-0.3, -0.25) is 9.69 Å². The Labute approximate surface area is 219 Å². The lowest BCUT2D eigenvalue weighted by Gasteiger charge is -2.12. The number of benzene rings is 3. The lowest BCUT2D eigenvalue weighted by atomic mass is 10.1. The lowest BCUT2D eigenvalue weighted by Crippen LogP contribution is -2.29. The van der Waals surface area contributed by atoms with E-state index in [1.807, 2.05) is 18.2 Å². The predicted octanol–water partition coefficient (Wildman–Crippen LogP) is 5.61. The highest BCUT2D eigenvalue weighted by Crippen LogP contribution is 2.36. The number of halogens is 1. The summed E-state index contributed by atoms with van der Waals surface area (Å²) in [6.45, 7) is 2.28. The van der Waals surface area contributed by atoms with Crippen LogP contribution < -0.4 is 9.47 Å². The molecule has 0 atom stereocenters. The highest BCUT2D eigenvalue weighted by molar-refractivity contribution is 8.19. The first-order chi connectivity index (χ1) is 17.3. The van der Waals surface area contributed by atoms with Crippen molar-refractivity contribution < 1.29 is 22.7 Å². The van der Waals surface area contributed by atoms with E-state index in [9.17, 15) is 13.2 Å². The van der Waals surface area contributed by atoms with E-state index >= 15 is 0 Å². The Balaban J connectivity index is 1.61. The van der Waals surface area contributed by atoms with E-state index in [0.29, 0.717) is 27.0 Å². The van der Waals surface area contributed by atoms with Crippen molar-refractivity contribution in [2.75, 3.05) is 13.7 Å². The van der Waals surface area contributed by atoms with Crippen LogP contribution in [0.15, 0.2) is 87.0 Å². The first-order valence-electron chi connectivity index (χ1n) is 11.0. The van der Waals surface area contributed by atoms with Gasteiger partial charge in [0.05, 0.1) is 16.9 Å². The molecule has 3 aromatic rings. The number of amidine groups is 1. The van der Waals surface area contributed by atoms with E-state index < -0.39 is 10.0 Å². The van der Waals surface area contributed by atoms with Crippen molar-refractivity contribution in [3.8, 4) is 11.5 Å². The van der Waals surface area contributed by atoms with Crippen molar-refractivity contribution in [2.45, 2.75) is 18.4 Å². The number of methoxy groups -OCH3 is 1. The number of rotatable bonds is 8. The van der Waals surface area contributed by atoms with Gasteiger partial charge in [0, 0.05) is 17.1 Å². The monoisotopic (exact) mass is 542 g/mol. The van der Waals surface area contributed by atoms with E-state index in [4.69, 9.17) is 21.1 Å². The van der Waals surface area contributed by atoms with Gasteiger partial charge >= 0.3 is 0 Å². The summed E-state index contributed by atoms with van der Waals surface area (Å²) in [7, 11) is -2.42. The number of hydrogen-bond donors (Lipinski definition) is 0. The van der Waals surface area contributed by atoms with E-state index in [2.05, 4.69) is 4.40 Å². The molecule has 0 radical (unpaired) electrons. The number of thioether (sulfide) groups is 1. The van der Waals surface area contributed by atoms with Crippen LogP contribution in [-0.2, 0) is 21.4 Å². The van der Waals surface area contributed by atoms with Crippen LogP contribution in [0.4, 0.5) is 0 Å². The van der Waals surface area contributed by atoms with Crippen LogP contribution in [0.2, 0.25) is 5.02 Å². The number of hydrogen-bond acceptors (Lipinski definition) is 6. The Bertz CT molecular complexity index is 1440. The number of likely N-dealkylation sites (N-methyl/N-ethyl adjacent to an activating group) is 1. The molecule has 1 amide bonds. The Morgan fingerprint density at radius 1 is 1.03 bits per heavy atom. The van der Waals surface area contributed by atoms with Crippen LogP contribution in [0, 0.1) is 0 Å². The summed E-state index contributed by atoms with van der Waals surface area (Å²) < 4.78 is 40.8. The molecule has 1 aliphatic rings. The van der Waals surface area contributed by atoms with Crippen molar-refractivity contribution in [2.24, 2.45) is 4.40 Å². The minimum absolute atomic E-state index is 0.0643. The zero-order valence-corrected chi connectivity index (χ0v) is 21.9. The van der Waals surface area contributed by atoms with Crippen LogP contribution >= 0.6 is 23.4 Å². The molecule has 0 aromatic heterocycles. The van der Waals surface area contributed by atoms with Gasteiger partial charge in [-0.2, -0.15) is 8.42 Å². The molecule has 1 aliphatic heterocycles. The second-order valence-corrected chi connectivity index (χ2v) is 10.6. The minimum Gasteiger partial charge on any atom is -0.493 e. The Morgan fingerprint density at radius 2 is 1.75 bits per heavy atom. The standard InChI is InChI=1S/C26H23ClN2O5S2/c1-3-29-25(30)24(35-26(29)28-36(31,32)20-10-5-4-6-11-20)16-18-13-14-22(33-2)23(15-18)34-17-19-9-7-8-12-21(19)27/h4-16H,3,17H2,1-2H3/b24-16-,28-26+. The largest absolute Gasteiger partial charge is 0.493 e. The van der Waals surface area contributed by atoms with Crippen molar-refractivity contribution >= 4 is 50.5 Å². The predicted molar refractivity (Wildman–Crippen MR) is 143 cm³/mol. The molecule has 0 bridgehead atoms. The topological polar surface area (TPSA) is 85.3 Å². The summed E-state index contributed by atoms with van der Waals surface area (Å²) in [4.78, 5) is 14.8. The molecule has 1 heterocycles. The molecule has 10 heteroatoms. The van der Waals surface area contributed by atoms with Crippen LogP contribution in [-0.4, -0.2) is 38.0 Å². The maximum atomic E-state index is 13.0. The molecule has 0 aliphatic carbocycles. The molecule has 0 spiro atoms. The normalized spacial score (nSPS) is 16.1. The Morgan fingerprint density at radius 3 is 2.44 bits per heavy atom. The average Bonchev–Trinajstić information content (AvgIpc) is 3.16. The van der Waals surface area contributed by atoms with Crippen molar-refractivity contribution in [3.63, 3.8) is 0 Å². The smallest absolute Gasteiger partial charge is 0.284 e. The number of sulfonamides is 1. The summed E-state index contributed by atoms with van der Waals surface area (Å²) in [5.41, 5.74) is 1.51. The third-order valence-corrected chi connectivity index (χ3v) is 8.04. The number of ether oxygens (including phenoxy) is 2. The second kappa shape index (κ2) is 11.2. The Hall–Kier alpha value is -3.27. The van der Waals surface area contributed by atoms with Gasteiger partial charge in [0.25, 0.3) is 15.9 Å². The minimum atomic E-state index is -3.96. The van der Waals surface area contributed by atoms with E-state index in [0.717, 1.165) is 17.3 Å². The molecular formula is C26H23ClN2O5S2. The van der Waals surface area contributed by atoms with Gasteiger partial charge in [0.1, 0.15) is 6.61 Å². The van der Waals surface area contributed by atoms with E-state index in [1.165, 1.54) is 17.0 Å². The van der Waals surface area contributed by atoms with Crippen LogP contribution in [0.3, 0.4) is 0 Å². The van der Waals surface area contributed by atoms with Crippen molar-refractivity contribution in [1.82, 2.24) is 4.90 Å². The first kappa shape index (κ1) is 25.8. The summed E-state index contributed by atoms with van der Waals surface area (Å²) in [6.07, 6.45) is 1.68. The average molecular weight is 543 g/mol. The number of nitrogens with zero attached hydrogens (tertiary/aromatic N) is 2. The molecule has 0 N–H and O–H groups in total. The van der Waals surface area contributed by atoms with E-state index in [1.54, 1.807) is 62.6 Å². The van der Waals surface area contributed by atoms with E-state index in [-0.39, 0.29) is 29.1 Å². The van der Waals surface area contributed by atoms with Crippen LogP contribution in [0.25, 0.3) is 6.08 Å². The lowest BCUT2D eigenvalue weighted by molar-refractivity contribution is -0.122. The fourth-order valence-electron chi connectivity index (χ4n) is 3.42. The fourth-order valence-corrected chi connectivity index (χ4v) is 5.88. The van der Waals surface area contributed by atoms with Crippen LogP contribution in [0.5, 0.6) is 11.5 Å². The maximum absolute atomic E-state index is 13.0. The molecule has 4 rings (SSSR count). The van der Waals surface area contributed by atoms with Gasteiger partial charge in [-0.25, -0.2) is 0 Å². The number of carbonyl (C=O) groups is 1. The number of amides is 1. The molecule has 1 fully saturated rings. The van der Waals surface area contributed by atoms with Gasteiger partial charge in [0.15, 0.2) is 16.7 Å². The van der Waals surface area contributed by atoms with Gasteiger partial charge in [-0.05, 0) is 60.7 Å². The Kier molecular flexibility index (Phi) is 8.03. The van der Waals surface area contributed by atoms with Crippen molar-refractivity contribution in [3.05, 3.63) is 93.9 Å². The first-order valence-corrected chi connectivity index (χ1v) is 13.6. The fraction of sp³-hybridized carbons (Fsp3) is 0.154. The molecule has 3 aromatic carbocycles. The quantitative estimate of drug-likeness (QED) is 0.344. The highest BCUT2D eigenvalue weighted by atomic mass is 35.5. The number of carbonyl (C=O) groups excluding carboxylic acids is 1. The summed E-state index contributed by atoms with van der Waals surface area (Å²) in [6, 6.07) is 20.6. The summed E-state index contributed by atoms with van der Waals surface area (Å²) in [5.74, 6) is 0.690. The van der Waals surface area contributed by atoms with Gasteiger partial charge in [0.2, 0.25) is 0 Å². The summed E-state index contributed by atoms with van der Waals surface area (Å²) >= 11 is 7.25. The van der Waals surface area contributed by atoms with Gasteiger partial charge < -0.3 is 9.47 Å². The molecule has 186 valence electrons. The third kappa shape index (κ3) is 5.75. The SMILES string of the molecule is CCN1C(=O)/C(=C/c2ccc(OC)c(OCc3ccccc3Cl)c2)S/C1=N/S(=O)(=O)c1ccccc1. The third-order valence-electron chi connectivity index (χ3n) is 5.27. The zero-order chi connectivity index (χ0) is 25.7. The summed E-state index contributed by atoms with van der Waals surface area (Å²) in [5, 5.41) is 0.709. The van der Waals surface area contributed by atoms with Crippen molar-refractivity contribution in [1.29, 1.82) is 0 Å². The maximum Gasteiger partial charge on any atom is 0.284 e. The second-order valence-electron chi connectivity index (χ2n) is 7.61. The molecular weight excluding hydrogens is 520 g/mol.